The van der Waals surface area contributed by atoms with Gasteiger partial charge < -0.3 is 5.32 Å². The van der Waals surface area contributed by atoms with Gasteiger partial charge in [-0.2, -0.15) is 0 Å². The zero-order valence-electron chi connectivity index (χ0n) is 7.26. The predicted octanol–water partition coefficient (Wildman–Crippen LogP) is 1.93. The second kappa shape index (κ2) is 3.79. The van der Waals surface area contributed by atoms with Crippen LogP contribution in [0.25, 0.3) is 0 Å². The van der Waals surface area contributed by atoms with E-state index in [0.29, 0.717) is 5.88 Å². The highest BCUT2D eigenvalue weighted by molar-refractivity contribution is 6.28. The molecular formula is C10H11ClN2. The zero-order valence-corrected chi connectivity index (χ0v) is 8.01. The second-order valence-electron chi connectivity index (χ2n) is 3.02. The van der Waals surface area contributed by atoms with Gasteiger partial charge in [0.15, 0.2) is 0 Å². The van der Waals surface area contributed by atoms with Crippen LogP contribution in [-0.2, 0) is 13.1 Å². The van der Waals surface area contributed by atoms with Crippen molar-refractivity contribution in [1.82, 2.24) is 5.32 Å². The lowest BCUT2D eigenvalue weighted by Crippen LogP contribution is -2.22. The van der Waals surface area contributed by atoms with Gasteiger partial charge in [-0.05, 0) is 11.1 Å². The molecule has 0 atom stereocenters. The van der Waals surface area contributed by atoms with E-state index in [2.05, 4.69) is 22.4 Å². The van der Waals surface area contributed by atoms with Gasteiger partial charge in [0.05, 0.1) is 12.4 Å². The first-order chi connectivity index (χ1) is 6.40. The van der Waals surface area contributed by atoms with Crippen LogP contribution < -0.4 is 5.32 Å². The van der Waals surface area contributed by atoms with Crippen LogP contribution in [-0.4, -0.2) is 11.7 Å². The maximum atomic E-state index is 5.70. The van der Waals surface area contributed by atoms with Crippen LogP contribution in [0.15, 0.2) is 29.3 Å². The lowest BCUT2D eigenvalue weighted by Gasteiger charge is -2.04. The van der Waals surface area contributed by atoms with Crippen molar-refractivity contribution in [2.45, 2.75) is 13.1 Å². The molecule has 0 saturated heterocycles. The molecular weight excluding hydrogens is 184 g/mol. The minimum atomic E-state index is 0.466. The second-order valence-corrected chi connectivity index (χ2v) is 3.29. The maximum Gasteiger partial charge on any atom is 0.112 e. The van der Waals surface area contributed by atoms with Gasteiger partial charge in [0.1, 0.15) is 5.84 Å². The Kier molecular flexibility index (Phi) is 2.50. The molecule has 0 bridgehead atoms. The normalized spacial score (nSPS) is 15.3. The van der Waals surface area contributed by atoms with Crippen molar-refractivity contribution in [3.63, 3.8) is 0 Å². The summed E-state index contributed by atoms with van der Waals surface area (Å²) in [5.41, 5.74) is 2.60. The Morgan fingerprint density at radius 2 is 2.08 bits per heavy atom. The average Bonchev–Trinajstić information content (AvgIpc) is 2.39. The van der Waals surface area contributed by atoms with Gasteiger partial charge in [-0.3, -0.25) is 4.99 Å². The summed E-state index contributed by atoms with van der Waals surface area (Å²) in [4.78, 5) is 4.36. The molecule has 0 amide bonds. The van der Waals surface area contributed by atoms with E-state index in [4.69, 9.17) is 11.6 Å². The molecule has 1 aromatic rings. The molecule has 3 heteroatoms. The summed E-state index contributed by atoms with van der Waals surface area (Å²) >= 11 is 5.70. The number of aliphatic imine (C=N–C) groups is 1. The number of alkyl halides is 1. The molecule has 1 aliphatic rings. The van der Waals surface area contributed by atoms with E-state index < -0.39 is 0 Å². The standard InChI is InChI=1S/C10H11ClN2/c11-5-10-12-6-8-3-1-2-4-9(8)7-13-10/h1-4H,5-7H2,(H,12,13). The van der Waals surface area contributed by atoms with E-state index in [0.717, 1.165) is 18.9 Å². The Labute approximate surface area is 82.6 Å². The van der Waals surface area contributed by atoms with Crippen LogP contribution in [0.5, 0.6) is 0 Å². The Hall–Kier alpha value is -1.02. The van der Waals surface area contributed by atoms with Crippen molar-refractivity contribution in [3.05, 3.63) is 35.4 Å². The summed E-state index contributed by atoms with van der Waals surface area (Å²) in [7, 11) is 0. The number of hydrogen-bond donors (Lipinski definition) is 1. The monoisotopic (exact) mass is 194 g/mol. The minimum Gasteiger partial charge on any atom is -0.369 e. The van der Waals surface area contributed by atoms with Crippen molar-refractivity contribution in [2.75, 3.05) is 5.88 Å². The summed E-state index contributed by atoms with van der Waals surface area (Å²) in [6, 6.07) is 8.32. The largest absolute Gasteiger partial charge is 0.369 e. The van der Waals surface area contributed by atoms with Crippen LogP contribution in [0.2, 0.25) is 0 Å². The number of nitrogens with zero attached hydrogens (tertiary/aromatic N) is 1. The number of rotatable bonds is 1. The minimum absolute atomic E-state index is 0.466. The van der Waals surface area contributed by atoms with Crippen molar-refractivity contribution in [1.29, 1.82) is 0 Å². The quantitative estimate of drug-likeness (QED) is 0.679. The fraction of sp³-hybridized carbons (Fsp3) is 0.300. The van der Waals surface area contributed by atoms with E-state index in [1.807, 2.05) is 12.1 Å². The zero-order chi connectivity index (χ0) is 9.10. The van der Waals surface area contributed by atoms with Gasteiger partial charge >= 0.3 is 0 Å². The van der Waals surface area contributed by atoms with E-state index in [1.165, 1.54) is 11.1 Å². The van der Waals surface area contributed by atoms with Crippen LogP contribution in [0.3, 0.4) is 0 Å². The smallest absolute Gasteiger partial charge is 0.112 e. The molecule has 0 aliphatic carbocycles. The van der Waals surface area contributed by atoms with E-state index in [9.17, 15) is 0 Å². The first-order valence-electron chi connectivity index (χ1n) is 4.30. The Morgan fingerprint density at radius 1 is 1.31 bits per heavy atom. The van der Waals surface area contributed by atoms with Crippen LogP contribution in [0, 0.1) is 0 Å². The van der Waals surface area contributed by atoms with Crippen molar-refractivity contribution in [3.8, 4) is 0 Å². The van der Waals surface area contributed by atoms with Gasteiger partial charge in [-0.1, -0.05) is 24.3 Å². The molecule has 0 radical (unpaired) electrons. The van der Waals surface area contributed by atoms with Gasteiger partial charge in [0.25, 0.3) is 0 Å². The fourth-order valence-electron chi connectivity index (χ4n) is 1.41. The summed E-state index contributed by atoms with van der Waals surface area (Å²) in [5.74, 6) is 1.35. The third-order valence-corrected chi connectivity index (χ3v) is 2.42. The van der Waals surface area contributed by atoms with E-state index in [1.54, 1.807) is 0 Å². The highest BCUT2D eigenvalue weighted by atomic mass is 35.5. The molecule has 2 nitrogen and oxygen atoms in total. The van der Waals surface area contributed by atoms with Gasteiger partial charge in [0, 0.05) is 6.54 Å². The average molecular weight is 195 g/mol. The summed E-state index contributed by atoms with van der Waals surface area (Å²) in [6.45, 7) is 1.58. The third kappa shape index (κ3) is 1.83. The van der Waals surface area contributed by atoms with E-state index >= 15 is 0 Å². The van der Waals surface area contributed by atoms with Crippen LogP contribution >= 0.6 is 11.6 Å². The molecule has 68 valence electrons. The van der Waals surface area contributed by atoms with Crippen LogP contribution in [0.4, 0.5) is 0 Å². The molecule has 13 heavy (non-hydrogen) atoms. The predicted molar refractivity (Wildman–Crippen MR) is 55.1 cm³/mol. The van der Waals surface area contributed by atoms with Crippen molar-refractivity contribution in [2.24, 2.45) is 4.99 Å². The molecule has 0 aromatic heterocycles. The summed E-state index contributed by atoms with van der Waals surface area (Å²) in [5, 5.41) is 3.21. The first kappa shape index (κ1) is 8.57. The Balaban J connectivity index is 2.26. The third-order valence-electron chi connectivity index (χ3n) is 2.17. The lowest BCUT2D eigenvalue weighted by atomic mass is 10.1. The molecule has 1 aromatic carbocycles. The molecule has 1 aliphatic heterocycles. The Morgan fingerprint density at radius 3 is 2.85 bits per heavy atom. The van der Waals surface area contributed by atoms with Crippen molar-refractivity contribution < 1.29 is 0 Å². The summed E-state index contributed by atoms with van der Waals surface area (Å²) < 4.78 is 0. The topological polar surface area (TPSA) is 24.4 Å². The number of amidine groups is 1. The number of hydrogen-bond acceptors (Lipinski definition) is 2. The number of fused-ring (bicyclic) bond motifs is 1. The lowest BCUT2D eigenvalue weighted by molar-refractivity contribution is 0.916. The number of benzene rings is 1. The maximum absolute atomic E-state index is 5.70. The molecule has 0 fully saturated rings. The van der Waals surface area contributed by atoms with Crippen molar-refractivity contribution >= 4 is 17.4 Å². The fourth-order valence-corrected chi connectivity index (χ4v) is 1.59. The highest BCUT2D eigenvalue weighted by Crippen LogP contribution is 2.12. The molecule has 0 unspecified atom stereocenters. The summed E-state index contributed by atoms with van der Waals surface area (Å²) in [6.07, 6.45) is 0. The molecule has 1 heterocycles. The molecule has 0 spiro atoms. The van der Waals surface area contributed by atoms with Gasteiger partial charge in [0.2, 0.25) is 0 Å². The Bertz CT molecular complexity index is 333. The molecule has 1 N–H and O–H groups in total. The van der Waals surface area contributed by atoms with E-state index in [-0.39, 0.29) is 0 Å². The molecule has 0 saturated carbocycles. The molecule has 2 rings (SSSR count). The van der Waals surface area contributed by atoms with Gasteiger partial charge in [-0.15, -0.1) is 11.6 Å². The van der Waals surface area contributed by atoms with Crippen LogP contribution in [0.1, 0.15) is 11.1 Å². The first-order valence-corrected chi connectivity index (χ1v) is 4.83. The van der Waals surface area contributed by atoms with Gasteiger partial charge in [-0.25, -0.2) is 0 Å². The highest BCUT2D eigenvalue weighted by Gasteiger charge is 2.06. The number of halogens is 1. The SMILES string of the molecule is ClCC1=NCc2ccccc2CN1. The number of nitrogens with one attached hydrogen (secondary N) is 1.